The molecule has 0 unspecified atom stereocenters. The first-order valence-corrected chi connectivity index (χ1v) is 7.55. The molecule has 0 saturated heterocycles. The quantitative estimate of drug-likeness (QED) is 0.713. The Morgan fingerprint density at radius 2 is 2.00 bits per heavy atom. The van der Waals surface area contributed by atoms with Crippen molar-refractivity contribution in [1.82, 2.24) is 9.97 Å². The zero-order chi connectivity index (χ0) is 18.6. The molecule has 136 valence electrons. The van der Waals surface area contributed by atoms with Gasteiger partial charge in [0, 0.05) is 17.1 Å². The molecule has 0 radical (unpaired) electrons. The number of rotatable bonds is 6. The fourth-order valence-corrected chi connectivity index (χ4v) is 2.08. The molecule has 0 amide bonds. The van der Waals surface area contributed by atoms with Crippen LogP contribution in [0.1, 0.15) is 12.6 Å². The highest BCUT2D eigenvalue weighted by atomic mass is 35.5. The first-order valence-electron chi connectivity index (χ1n) is 7.17. The molecule has 25 heavy (non-hydrogen) atoms. The lowest BCUT2D eigenvalue weighted by molar-refractivity contribution is -0.141. The molecule has 0 bridgehead atoms. The zero-order valence-corrected chi connectivity index (χ0v) is 14.1. The average molecular weight is 377 g/mol. The molecule has 0 saturated carbocycles. The van der Waals surface area contributed by atoms with Crippen molar-refractivity contribution in [3.63, 3.8) is 0 Å². The predicted octanol–water partition coefficient (Wildman–Crippen LogP) is 3.69. The monoisotopic (exact) mass is 376 g/mol. The number of alkyl halides is 3. The van der Waals surface area contributed by atoms with Gasteiger partial charge in [-0.1, -0.05) is 11.6 Å². The Kier molecular flexibility index (Phi) is 5.91. The SMILES string of the molecule is COc1ccc(Cl)cc1Nc1cc(C(F)(F)F)nc(N[C@@H](C)CO)n1. The van der Waals surface area contributed by atoms with Crippen molar-refractivity contribution in [3.8, 4) is 5.75 Å². The smallest absolute Gasteiger partial charge is 0.433 e. The van der Waals surface area contributed by atoms with Gasteiger partial charge in [0.25, 0.3) is 0 Å². The molecule has 1 atom stereocenters. The maximum absolute atomic E-state index is 13.1. The van der Waals surface area contributed by atoms with Crippen LogP contribution in [0.3, 0.4) is 0 Å². The van der Waals surface area contributed by atoms with E-state index >= 15 is 0 Å². The van der Waals surface area contributed by atoms with Crippen LogP contribution in [0.4, 0.5) is 30.6 Å². The molecular formula is C15H16ClF3N4O2. The van der Waals surface area contributed by atoms with Gasteiger partial charge < -0.3 is 20.5 Å². The summed E-state index contributed by atoms with van der Waals surface area (Å²) in [4.78, 5) is 7.43. The van der Waals surface area contributed by atoms with Gasteiger partial charge in [-0.15, -0.1) is 0 Å². The van der Waals surface area contributed by atoms with Gasteiger partial charge in [-0.25, -0.2) is 4.98 Å². The highest BCUT2D eigenvalue weighted by Gasteiger charge is 2.34. The first kappa shape index (κ1) is 19.1. The minimum Gasteiger partial charge on any atom is -0.495 e. The minimum atomic E-state index is -4.66. The number of hydrogen-bond donors (Lipinski definition) is 3. The predicted molar refractivity (Wildman–Crippen MR) is 88.5 cm³/mol. The van der Waals surface area contributed by atoms with Gasteiger partial charge >= 0.3 is 6.18 Å². The highest BCUT2D eigenvalue weighted by Crippen LogP contribution is 2.33. The maximum atomic E-state index is 13.1. The van der Waals surface area contributed by atoms with E-state index in [4.69, 9.17) is 21.4 Å². The van der Waals surface area contributed by atoms with Crippen LogP contribution in [0, 0.1) is 0 Å². The van der Waals surface area contributed by atoms with Crippen molar-refractivity contribution >= 4 is 29.1 Å². The van der Waals surface area contributed by atoms with Gasteiger partial charge in [-0.05, 0) is 25.1 Å². The second kappa shape index (κ2) is 7.75. The summed E-state index contributed by atoms with van der Waals surface area (Å²) >= 11 is 5.91. The molecule has 6 nitrogen and oxygen atoms in total. The molecule has 1 aromatic heterocycles. The van der Waals surface area contributed by atoms with Crippen molar-refractivity contribution in [3.05, 3.63) is 35.0 Å². The number of aliphatic hydroxyl groups excluding tert-OH is 1. The number of hydrogen-bond acceptors (Lipinski definition) is 6. The zero-order valence-electron chi connectivity index (χ0n) is 13.4. The van der Waals surface area contributed by atoms with Crippen molar-refractivity contribution in [1.29, 1.82) is 0 Å². The number of methoxy groups -OCH3 is 1. The van der Waals surface area contributed by atoms with Crippen LogP contribution in [0.5, 0.6) is 5.75 Å². The van der Waals surface area contributed by atoms with E-state index in [0.717, 1.165) is 6.07 Å². The van der Waals surface area contributed by atoms with Crippen molar-refractivity contribution in [2.24, 2.45) is 0 Å². The van der Waals surface area contributed by atoms with E-state index in [1.165, 1.54) is 13.2 Å². The lowest BCUT2D eigenvalue weighted by Crippen LogP contribution is -2.22. The minimum absolute atomic E-state index is 0.101. The molecule has 1 heterocycles. The number of anilines is 3. The van der Waals surface area contributed by atoms with E-state index in [1.54, 1.807) is 19.1 Å². The second-order valence-electron chi connectivity index (χ2n) is 5.16. The molecule has 10 heteroatoms. The molecule has 0 aliphatic heterocycles. The molecule has 2 aromatic rings. The van der Waals surface area contributed by atoms with E-state index in [-0.39, 0.29) is 18.4 Å². The lowest BCUT2D eigenvalue weighted by atomic mass is 10.3. The van der Waals surface area contributed by atoms with Crippen LogP contribution < -0.4 is 15.4 Å². The van der Waals surface area contributed by atoms with E-state index in [9.17, 15) is 13.2 Å². The molecule has 0 fully saturated rings. The van der Waals surface area contributed by atoms with Crippen molar-refractivity contribution < 1.29 is 23.0 Å². The Labute approximate surface area is 147 Å². The van der Waals surface area contributed by atoms with Crippen LogP contribution in [0.15, 0.2) is 24.3 Å². The summed E-state index contributed by atoms with van der Waals surface area (Å²) < 4.78 is 44.4. The Balaban J connectivity index is 2.42. The molecular weight excluding hydrogens is 361 g/mol. The largest absolute Gasteiger partial charge is 0.495 e. The van der Waals surface area contributed by atoms with E-state index in [0.29, 0.717) is 16.5 Å². The summed E-state index contributed by atoms with van der Waals surface area (Å²) in [6.45, 7) is 1.29. The van der Waals surface area contributed by atoms with Gasteiger partial charge in [0.05, 0.1) is 19.4 Å². The number of aromatic nitrogens is 2. The Bertz CT molecular complexity index is 743. The fourth-order valence-electron chi connectivity index (χ4n) is 1.90. The molecule has 0 aliphatic rings. The van der Waals surface area contributed by atoms with Gasteiger partial charge in [-0.3, -0.25) is 0 Å². The van der Waals surface area contributed by atoms with Gasteiger partial charge in [0.15, 0.2) is 5.69 Å². The Hall–Kier alpha value is -2.26. The summed E-state index contributed by atoms with van der Waals surface area (Å²) in [7, 11) is 1.42. The van der Waals surface area contributed by atoms with E-state index in [2.05, 4.69) is 20.6 Å². The Morgan fingerprint density at radius 3 is 2.60 bits per heavy atom. The number of aliphatic hydroxyl groups is 1. The average Bonchev–Trinajstić information content (AvgIpc) is 2.54. The topological polar surface area (TPSA) is 79.3 Å². The summed E-state index contributed by atoms with van der Waals surface area (Å²) in [5.74, 6) is 0.0187. The summed E-state index contributed by atoms with van der Waals surface area (Å²) in [6, 6.07) is 4.91. The third kappa shape index (κ3) is 5.10. The van der Waals surface area contributed by atoms with E-state index in [1.807, 2.05) is 0 Å². The standard InChI is InChI=1S/C15H16ClF3N4O2/c1-8(7-24)20-14-22-12(15(17,18)19)6-13(23-14)21-10-5-9(16)3-4-11(10)25-2/h3-6,8,24H,7H2,1-2H3,(H2,20,21,22,23)/t8-/m0/s1. The van der Waals surface area contributed by atoms with E-state index < -0.39 is 17.9 Å². The highest BCUT2D eigenvalue weighted by molar-refractivity contribution is 6.31. The summed E-state index contributed by atoms with van der Waals surface area (Å²) in [6.07, 6.45) is -4.66. The maximum Gasteiger partial charge on any atom is 0.433 e. The second-order valence-corrected chi connectivity index (χ2v) is 5.59. The number of nitrogens with one attached hydrogen (secondary N) is 2. The van der Waals surface area contributed by atoms with Crippen molar-refractivity contribution in [2.45, 2.75) is 19.1 Å². The third-order valence-electron chi connectivity index (χ3n) is 3.09. The van der Waals surface area contributed by atoms with Crippen LogP contribution in [-0.4, -0.2) is 34.8 Å². The first-order chi connectivity index (χ1) is 11.7. The van der Waals surface area contributed by atoms with Crippen LogP contribution >= 0.6 is 11.6 Å². The van der Waals surface area contributed by atoms with Crippen LogP contribution in [0.25, 0.3) is 0 Å². The molecule has 0 aliphatic carbocycles. The normalized spacial score (nSPS) is 12.6. The number of benzene rings is 1. The van der Waals surface area contributed by atoms with Gasteiger partial charge in [-0.2, -0.15) is 18.2 Å². The number of halogens is 4. The molecule has 2 rings (SSSR count). The number of ether oxygens (including phenoxy) is 1. The van der Waals surface area contributed by atoms with Gasteiger partial charge in [0.1, 0.15) is 11.6 Å². The van der Waals surface area contributed by atoms with Gasteiger partial charge in [0.2, 0.25) is 5.95 Å². The van der Waals surface area contributed by atoms with Crippen LogP contribution in [-0.2, 0) is 6.18 Å². The van der Waals surface area contributed by atoms with Crippen molar-refractivity contribution in [2.75, 3.05) is 24.4 Å². The lowest BCUT2D eigenvalue weighted by Gasteiger charge is -2.16. The van der Waals surface area contributed by atoms with Crippen LogP contribution in [0.2, 0.25) is 5.02 Å². The fraction of sp³-hybridized carbons (Fsp3) is 0.333. The number of nitrogens with zero attached hydrogens (tertiary/aromatic N) is 2. The third-order valence-corrected chi connectivity index (χ3v) is 3.33. The molecule has 3 N–H and O–H groups in total. The molecule has 0 spiro atoms. The summed E-state index contributed by atoms with van der Waals surface area (Å²) in [5.41, 5.74) is -0.776. The molecule has 1 aromatic carbocycles. The summed E-state index contributed by atoms with van der Waals surface area (Å²) in [5, 5.41) is 14.8. The Morgan fingerprint density at radius 1 is 1.28 bits per heavy atom.